The maximum atomic E-state index is 12.8. The summed E-state index contributed by atoms with van der Waals surface area (Å²) in [6.45, 7) is 0. The molecule has 0 bridgehead atoms. The van der Waals surface area contributed by atoms with Gasteiger partial charge in [-0.05, 0) is 58.7 Å². The molecule has 1 heterocycles. The topological polar surface area (TPSA) is 95.5 Å². The SMILES string of the molecule is O=C(Oc1cc(-c2cnc(OS(=O)(=O)C(F)(F)F)nc2)cc2c1-c1ccccc1-2)c1ccc(Cl)cc1. The van der Waals surface area contributed by atoms with E-state index in [4.69, 9.17) is 16.3 Å². The standard InChI is InChI=1S/C24H12ClF3N2O5S/c25-16-7-5-13(6-8-16)22(31)34-20-10-14(9-19-17-3-1-2-4-18(17)21(19)20)15-11-29-23(30-12-15)35-36(32,33)24(26,27)28/h1-12H. The largest absolute Gasteiger partial charge is 0.534 e. The molecule has 0 spiro atoms. The minimum absolute atomic E-state index is 0.251. The number of esters is 1. The van der Waals surface area contributed by atoms with Crippen LogP contribution in [0.1, 0.15) is 10.4 Å². The lowest BCUT2D eigenvalue weighted by molar-refractivity contribution is -0.0502. The quantitative estimate of drug-likeness (QED) is 0.120. The van der Waals surface area contributed by atoms with Crippen molar-refractivity contribution >= 4 is 27.7 Å². The second-order valence-corrected chi connectivity index (χ2v) is 9.55. The Morgan fingerprint density at radius 3 is 2.14 bits per heavy atom. The van der Waals surface area contributed by atoms with E-state index in [2.05, 4.69) is 14.2 Å². The number of carbonyl (C=O) groups excluding carboxylic acids is 1. The van der Waals surface area contributed by atoms with Crippen molar-refractivity contribution in [3.8, 4) is 45.1 Å². The number of carbonyl (C=O) groups is 1. The van der Waals surface area contributed by atoms with Gasteiger partial charge in [-0.1, -0.05) is 35.9 Å². The van der Waals surface area contributed by atoms with Gasteiger partial charge in [-0.3, -0.25) is 0 Å². The summed E-state index contributed by atoms with van der Waals surface area (Å²) in [7, 11) is -5.90. The molecule has 182 valence electrons. The van der Waals surface area contributed by atoms with Gasteiger partial charge in [0.25, 0.3) is 0 Å². The predicted molar refractivity (Wildman–Crippen MR) is 124 cm³/mol. The summed E-state index contributed by atoms with van der Waals surface area (Å²) in [6, 6.07) is 16.0. The third-order valence-electron chi connectivity index (χ3n) is 5.30. The second kappa shape index (κ2) is 8.61. The molecular weight excluding hydrogens is 521 g/mol. The Balaban J connectivity index is 1.50. The number of benzene rings is 3. The molecule has 5 rings (SSSR count). The van der Waals surface area contributed by atoms with Crippen LogP contribution in [-0.4, -0.2) is 29.9 Å². The summed E-state index contributed by atoms with van der Waals surface area (Å²) in [5.74, 6) is -0.367. The van der Waals surface area contributed by atoms with Gasteiger partial charge >= 0.3 is 27.6 Å². The minimum Gasteiger partial charge on any atom is -0.422 e. The van der Waals surface area contributed by atoms with E-state index in [1.807, 2.05) is 24.3 Å². The van der Waals surface area contributed by atoms with E-state index >= 15 is 0 Å². The molecule has 1 aliphatic rings. The number of fused-ring (bicyclic) bond motifs is 4. The Kier molecular flexibility index (Phi) is 5.68. The molecule has 0 saturated carbocycles. The summed E-state index contributed by atoms with van der Waals surface area (Å²) < 4.78 is 69.6. The van der Waals surface area contributed by atoms with Crippen LogP contribution in [-0.2, 0) is 10.1 Å². The zero-order chi connectivity index (χ0) is 25.7. The average molecular weight is 533 g/mol. The van der Waals surface area contributed by atoms with Crippen molar-refractivity contribution in [1.29, 1.82) is 0 Å². The van der Waals surface area contributed by atoms with Crippen molar-refractivity contribution in [2.75, 3.05) is 0 Å². The van der Waals surface area contributed by atoms with Crippen LogP contribution in [0.15, 0.2) is 73.1 Å². The van der Waals surface area contributed by atoms with Crippen molar-refractivity contribution in [2.24, 2.45) is 0 Å². The van der Waals surface area contributed by atoms with Crippen LogP contribution in [0.3, 0.4) is 0 Å². The minimum atomic E-state index is -5.90. The molecule has 0 N–H and O–H groups in total. The Bertz CT molecular complexity index is 1610. The molecule has 7 nitrogen and oxygen atoms in total. The van der Waals surface area contributed by atoms with Gasteiger partial charge in [0.05, 0.1) is 5.56 Å². The number of alkyl halides is 3. The van der Waals surface area contributed by atoms with Gasteiger partial charge < -0.3 is 8.92 Å². The summed E-state index contributed by atoms with van der Waals surface area (Å²) in [5, 5.41) is 0.460. The van der Waals surface area contributed by atoms with E-state index in [9.17, 15) is 26.4 Å². The van der Waals surface area contributed by atoms with Gasteiger partial charge in [-0.2, -0.15) is 21.6 Å². The van der Waals surface area contributed by atoms with Crippen molar-refractivity contribution in [3.05, 3.63) is 83.6 Å². The molecule has 0 atom stereocenters. The summed E-state index contributed by atoms with van der Waals surface area (Å²) >= 11 is 5.88. The summed E-state index contributed by atoms with van der Waals surface area (Å²) in [6.07, 6.45) is 2.21. The molecule has 0 fully saturated rings. The fourth-order valence-electron chi connectivity index (χ4n) is 3.62. The first-order valence-corrected chi connectivity index (χ1v) is 11.9. The zero-order valence-electron chi connectivity index (χ0n) is 17.8. The van der Waals surface area contributed by atoms with Crippen LogP contribution < -0.4 is 8.92 Å². The molecular formula is C24H12ClF3N2O5S. The van der Waals surface area contributed by atoms with Crippen LogP contribution in [0.4, 0.5) is 13.2 Å². The number of hydrogen-bond acceptors (Lipinski definition) is 7. The Labute approximate surface area is 207 Å². The maximum absolute atomic E-state index is 12.8. The van der Waals surface area contributed by atoms with Crippen molar-refractivity contribution < 1.29 is 35.3 Å². The molecule has 1 aromatic heterocycles. The highest BCUT2D eigenvalue weighted by Crippen LogP contribution is 2.53. The van der Waals surface area contributed by atoms with Crippen molar-refractivity contribution in [1.82, 2.24) is 9.97 Å². The van der Waals surface area contributed by atoms with Gasteiger partial charge in [0, 0.05) is 28.5 Å². The lowest BCUT2D eigenvalue weighted by Gasteiger charge is -2.27. The summed E-state index contributed by atoms with van der Waals surface area (Å²) in [5.41, 5.74) is -1.24. The second-order valence-electron chi connectivity index (χ2n) is 7.58. The molecule has 3 aromatic carbocycles. The highest BCUT2D eigenvalue weighted by atomic mass is 35.5. The molecule has 0 aliphatic heterocycles. The van der Waals surface area contributed by atoms with E-state index in [-0.39, 0.29) is 11.3 Å². The van der Waals surface area contributed by atoms with E-state index in [0.717, 1.165) is 29.1 Å². The molecule has 36 heavy (non-hydrogen) atoms. The lowest BCUT2D eigenvalue weighted by atomic mass is 9.78. The highest BCUT2D eigenvalue weighted by molar-refractivity contribution is 7.87. The molecule has 0 unspecified atom stereocenters. The highest BCUT2D eigenvalue weighted by Gasteiger charge is 2.49. The first-order valence-electron chi connectivity index (χ1n) is 10.1. The Hall–Kier alpha value is -3.96. The smallest absolute Gasteiger partial charge is 0.422 e. The monoisotopic (exact) mass is 532 g/mol. The maximum Gasteiger partial charge on any atom is 0.534 e. The van der Waals surface area contributed by atoms with E-state index in [0.29, 0.717) is 21.7 Å². The van der Waals surface area contributed by atoms with Crippen LogP contribution in [0.2, 0.25) is 5.02 Å². The normalized spacial score (nSPS) is 12.2. The van der Waals surface area contributed by atoms with Crippen molar-refractivity contribution in [3.63, 3.8) is 0 Å². The third kappa shape index (κ3) is 4.27. The van der Waals surface area contributed by atoms with E-state index < -0.39 is 27.6 Å². The summed E-state index contributed by atoms with van der Waals surface area (Å²) in [4.78, 5) is 19.9. The number of hydrogen-bond donors (Lipinski definition) is 0. The van der Waals surface area contributed by atoms with E-state index in [1.165, 1.54) is 12.1 Å². The number of nitrogens with zero attached hydrogens (tertiary/aromatic N) is 2. The average Bonchev–Trinajstić information content (AvgIpc) is 2.82. The third-order valence-corrected chi connectivity index (χ3v) is 6.49. The van der Waals surface area contributed by atoms with Crippen LogP contribution in [0.5, 0.6) is 11.8 Å². The van der Waals surface area contributed by atoms with Gasteiger partial charge in [0.15, 0.2) is 0 Å². The molecule has 0 radical (unpaired) electrons. The van der Waals surface area contributed by atoms with Crippen LogP contribution >= 0.6 is 11.6 Å². The zero-order valence-corrected chi connectivity index (χ0v) is 19.4. The lowest BCUT2D eigenvalue weighted by Crippen LogP contribution is -2.28. The number of rotatable bonds is 5. The molecule has 12 heteroatoms. The molecule has 4 aromatic rings. The predicted octanol–water partition coefficient (Wildman–Crippen LogP) is 5.89. The van der Waals surface area contributed by atoms with Gasteiger partial charge in [-0.25, -0.2) is 14.8 Å². The van der Waals surface area contributed by atoms with Crippen LogP contribution in [0, 0.1) is 0 Å². The van der Waals surface area contributed by atoms with E-state index in [1.54, 1.807) is 24.3 Å². The van der Waals surface area contributed by atoms with Crippen molar-refractivity contribution in [2.45, 2.75) is 5.51 Å². The first kappa shape index (κ1) is 23.8. The molecule has 1 aliphatic carbocycles. The molecule has 0 amide bonds. The first-order chi connectivity index (χ1) is 17.0. The fourth-order valence-corrected chi connectivity index (χ4v) is 4.13. The Morgan fingerprint density at radius 1 is 0.861 bits per heavy atom. The van der Waals surface area contributed by atoms with Gasteiger partial charge in [0.1, 0.15) is 5.75 Å². The number of halogens is 4. The number of aromatic nitrogens is 2. The Morgan fingerprint density at radius 2 is 1.50 bits per heavy atom. The molecule has 0 saturated heterocycles. The van der Waals surface area contributed by atoms with Gasteiger partial charge in [0.2, 0.25) is 0 Å². The number of ether oxygens (including phenoxy) is 1. The van der Waals surface area contributed by atoms with Crippen LogP contribution in [0.25, 0.3) is 33.4 Å². The van der Waals surface area contributed by atoms with Gasteiger partial charge in [-0.15, -0.1) is 0 Å². The fraction of sp³-hybridized carbons (Fsp3) is 0.0417.